The second kappa shape index (κ2) is 11.4. The van der Waals surface area contributed by atoms with Gasteiger partial charge in [0.2, 0.25) is 12.4 Å². The number of nitro groups is 1. The Bertz CT molecular complexity index is 967. The normalized spacial score (nSPS) is 23.9. The van der Waals surface area contributed by atoms with Gasteiger partial charge in [0.25, 0.3) is 5.69 Å². The molecule has 0 aliphatic carbocycles. The van der Waals surface area contributed by atoms with Crippen LogP contribution in [0.15, 0.2) is 18.2 Å². The first kappa shape index (κ1) is 26.4. The van der Waals surface area contributed by atoms with Crippen LogP contribution in [0.4, 0.5) is 10.1 Å². The van der Waals surface area contributed by atoms with Crippen molar-refractivity contribution in [2.75, 3.05) is 6.61 Å². The third kappa shape index (κ3) is 7.10. The van der Waals surface area contributed by atoms with Gasteiger partial charge in [-0.1, -0.05) is 0 Å². The van der Waals surface area contributed by atoms with Gasteiger partial charge in [-0.05, 0) is 6.07 Å². The van der Waals surface area contributed by atoms with Crippen LogP contribution in [0.5, 0.6) is 5.75 Å². The highest BCUT2D eigenvalue weighted by molar-refractivity contribution is 5.68. The lowest BCUT2D eigenvalue weighted by molar-refractivity contribution is -0.385. The minimum absolute atomic E-state index is 0.500. The van der Waals surface area contributed by atoms with E-state index in [0.29, 0.717) is 6.07 Å². The quantitative estimate of drug-likeness (QED) is 0.223. The van der Waals surface area contributed by atoms with Crippen molar-refractivity contribution in [2.45, 2.75) is 58.4 Å². The van der Waals surface area contributed by atoms with Gasteiger partial charge in [-0.2, -0.15) is 0 Å². The number of rotatable bonds is 8. The number of nitrogens with zero attached hydrogens (tertiary/aromatic N) is 1. The molecular formula is C20H22FNO12. The fraction of sp³-hybridized carbons (Fsp3) is 0.500. The maximum Gasteiger partial charge on any atom is 0.303 e. The summed E-state index contributed by atoms with van der Waals surface area (Å²) in [4.78, 5) is 56.6. The van der Waals surface area contributed by atoms with Gasteiger partial charge in [0.05, 0.1) is 11.0 Å². The van der Waals surface area contributed by atoms with E-state index in [9.17, 15) is 33.7 Å². The van der Waals surface area contributed by atoms with Gasteiger partial charge in [0, 0.05) is 33.8 Å². The molecule has 0 aromatic heterocycles. The van der Waals surface area contributed by atoms with Crippen LogP contribution >= 0.6 is 0 Å². The Hall–Kier alpha value is -3.81. The van der Waals surface area contributed by atoms with Crippen molar-refractivity contribution in [1.29, 1.82) is 0 Å². The molecule has 0 amide bonds. The maximum atomic E-state index is 14.4. The molecule has 2 unspecified atom stereocenters. The second-order valence-corrected chi connectivity index (χ2v) is 7.06. The lowest BCUT2D eigenvalue weighted by Crippen LogP contribution is -2.63. The van der Waals surface area contributed by atoms with Gasteiger partial charge in [-0.3, -0.25) is 29.3 Å². The number of carbonyl (C=O) groups excluding carboxylic acids is 4. The zero-order chi connectivity index (χ0) is 25.6. The Morgan fingerprint density at radius 1 is 0.941 bits per heavy atom. The van der Waals surface area contributed by atoms with Gasteiger partial charge >= 0.3 is 23.9 Å². The Morgan fingerprint density at radius 2 is 1.50 bits per heavy atom. The number of carbonyl (C=O) groups is 4. The van der Waals surface area contributed by atoms with Gasteiger partial charge in [0.15, 0.2) is 23.8 Å². The fourth-order valence-electron chi connectivity index (χ4n) is 3.11. The summed E-state index contributed by atoms with van der Waals surface area (Å²) in [5, 5.41) is 10.9. The first-order valence-corrected chi connectivity index (χ1v) is 9.80. The average molecular weight is 487 g/mol. The van der Waals surface area contributed by atoms with Crippen LogP contribution in [0.2, 0.25) is 0 Å². The molecule has 0 spiro atoms. The molecule has 1 saturated heterocycles. The van der Waals surface area contributed by atoms with E-state index in [0.717, 1.165) is 39.8 Å². The zero-order valence-electron chi connectivity index (χ0n) is 18.6. The Kier molecular flexibility index (Phi) is 8.83. The topological polar surface area (TPSA) is 167 Å². The van der Waals surface area contributed by atoms with Crippen molar-refractivity contribution >= 4 is 29.6 Å². The molecular weight excluding hydrogens is 465 g/mol. The molecule has 14 heteroatoms. The Balaban J connectivity index is 2.49. The molecule has 2 rings (SSSR count). The summed E-state index contributed by atoms with van der Waals surface area (Å²) in [7, 11) is 0. The van der Waals surface area contributed by atoms with E-state index in [-0.39, 0.29) is 0 Å². The van der Waals surface area contributed by atoms with Crippen molar-refractivity contribution in [3.8, 4) is 5.75 Å². The third-order valence-corrected chi connectivity index (χ3v) is 4.32. The van der Waals surface area contributed by atoms with Crippen LogP contribution in [-0.4, -0.2) is 66.1 Å². The molecule has 13 nitrogen and oxygen atoms in total. The smallest absolute Gasteiger partial charge is 0.303 e. The molecule has 1 aromatic rings. The molecule has 186 valence electrons. The number of halogens is 1. The van der Waals surface area contributed by atoms with Crippen LogP contribution in [0.1, 0.15) is 27.7 Å². The standard InChI is InChI=1S/C20H22FNO12/c1-9(23)29-8-16-17(30-10(2)24)18(31-11(3)25)19(32-12(4)26)20(34-16)33-15-6-5-13(22(27)28)7-14(15)21/h5-7,16-20H,8H2,1-4H3/t16?,17-,18+,19?,20-/m1/s1. The molecule has 1 aliphatic heterocycles. The van der Waals surface area contributed by atoms with Gasteiger partial charge < -0.3 is 28.4 Å². The molecule has 1 aromatic carbocycles. The molecule has 1 aliphatic rings. The van der Waals surface area contributed by atoms with Crippen LogP contribution < -0.4 is 4.74 Å². The Morgan fingerprint density at radius 3 is 2.00 bits per heavy atom. The number of benzene rings is 1. The summed E-state index contributed by atoms with van der Waals surface area (Å²) in [6.45, 7) is 3.73. The minimum atomic E-state index is -1.67. The van der Waals surface area contributed by atoms with E-state index in [1.54, 1.807) is 0 Å². The predicted octanol–water partition coefficient (Wildman–Crippen LogP) is 1.20. The molecule has 0 N–H and O–H groups in total. The summed E-state index contributed by atoms with van der Waals surface area (Å²) in [5.41, 5.74) is -0.550. The van der Waals surface area contributed by atoms with E-state index in [1.807, 2.05) is 0 Å². The molecule has 0 saturated carbocycles. The SMILES string of the molecule is CC(=O)OCC1O[C@@H](Oc2ccc([N+](=O)[O-])cc2F)C(OC(C)=O)[C@@H](OC(C)=O)[C@@H]1OC(C)=O. The first-order chi connectivity index (χ1) is 15.9. The summed E-state index contributed by atoms with van der Waals surface area (Å²) in [6, 6.07) is 2.51. The summed E-state index contributed by atoms with van der Waals surface area (Å²) < 4.78 is 46.1. The van der Waals surface area contributed by atoms with Crippen LogP contribution in [0.25, 0.3) is 0 Å². The molecule has 34 heavy (non-hydrogen) atoms. The van der Waals surface area contributed by atoms with Crippen LogP contribution in [0, 0.1) is 15.9 Å². The second-order valence-electron chi connectivity index (χ2n) is 7.06. The van der Waals surface area contributed by atoms with Crippen LogP contribution in [-0.2, 0) is 42.9 Å². The highest BCUT2D eigenvalue weighted by atomic mass is 19.1. The Labute approximate surface area is 192 Å². The van der Waals surface area contributed by atoms with E-state index in [1.165, 1.54) is 0 Å². The number of non-ortho nitro benzene ring substituents is 1. The molecule has 0 radical (unpaired) electrons. The summed E-state index contributed by atoms with van der Waals surface area (Å²) >= 11 is 0. The van der Waals surface area contributed by atoms with E-state index in [2.05, 4.69) is 0 Å². The lowest BCUT2D eigenvalue weighted by Gasteiger charge is -2.43. The number of hydrogen-bond acceptors (Lipinski definition) is 12. The number of ether oxygens (including phenoxy) is 6. The number of esters is 4. The van der Waals surface area contributed by atoms with Gasteiger partial charge in [-0.15, -0.1) is 0 Å². The zero-order valence-corrected chi connectivity index (χ0v) is 18.6. The lowest BCUT2D eigenvalue weighted by atomic mass is 9.98. The van der Waals surface area contributed by atoms with E-state index < -0.39 is 83.4 Å². The molecule has 1 heterocycles. The van der Waals surface area contributed by atoms with E-state index in [4.69, 9.17) is 28.4 Å². The number of nitro benzene ring substituents is 1. The molecule has 0 bridgehead atoms. The molecule has 5 atom stereocenters. The van der Waals surface area contributed by atoms with Crippen LogP contribution in [0.3, 0.4) is 0 Å². The predicted molar refractivity (Wildman–Crippen MR) is 106 cm³/mol. The summed E-state index contributed by atoms with van der Waals surface area (Å²) in [5.74, 6) is -4.92. The van der Waals surface area contributed by atoms with Crippen molar-refractivity contribution in [3.63, 3.8) is 0 Å². The highest BCUT2D eigenvalue weighted by Crippen LogP contribution is 2.32. The molecule has 1 fully saturated rings. The van der Waals surface area contributed by atoms with E-state index >= 15 is 0 Å². The van der Waals surface area contributed by atoms with Crippen molar-refractivity contribution in [3.05, 3.63) is 34.1 Å². The average Bonchev–Trinajstić information content (AvgIpc) is 2.71. The van der Waals surface area contributed by atoms with Crippen molar-refractivity contribution in [2.24, 2.45) is 0 Å². The monoisotopic (exact) mass is 487 g/mol. The van der Waals surface area contributed by atoms with Gasteiger partial charge in [0.1, 0.15) is 12.7 Å². The van der Waals surface area contributed by atoms with Crippen molar-refractivity contribution < 1.29 is 56.9 Å². The third-order valence-electron chi connectivity index (χ3n) is 4.32. The van der Waals surface area contributed by atoms with Crippen molar-refractivity contribution in [1.82, 2.24) is 0 Å². The highest BCUT2D eigenvalue weighted by Gasteiger charge is 2.53. The number of hydrogen-bond donors (Lipinski definition) is 0. The largest absolute Gasteiger partial charge is 0.463 e. The maximum absolute atomic E-state index is 14.4. The first-order valence-electron chi connectivity index (χ1n) is 9.80. The fourth-order valence-corrected chi connectivity index (χ4v) is 3.11. The summed E-state index contributed by atoms with van der Waals surface area (Å²) in [6.07, 6.45) is -7.46. The van der Waals surface area contributed by atoms with Gasteiger partial charge in [-0.25, -0.2) is 4.39 Å². The minimum Gasteiger partial charge on any atom is -0.463 e.